The Bertz CT molecular complexity index is 372. The highest BCUT2D eigenvalue weighted by Gasteiger charge is 2.37. The minimum atomic E-state index is -1.17. The largest absolute Gasteiger partial charge is 0.480 e. The summed E-state index contributed by atoms with van der Waals surface area (Å²) in [5.74, 6) is -0.979. The lowest BCUT2D eigenvalue weighted by Crippen LogP contribution is -2.57. The second-order valence-corrected chi connectivity index (χ2v) is 6.52. The van der Waals surface area contributed by atoms with E-state index in [0.717, 1.165) is 25.9 Å². The van der Waals surface area contributed by atoms with E-state index in [1.165, 1.54) is 0 Å². The van der Waals surface area contributed by atoms with Gasteiger partial charge < -0.3 is 20.6 Å². The second-order valence-electron chi connectivity index (χ2n) is 6.52. The molecule has 0 aromatic rings. The molecule has 3 N–H and O–H groups in total. The van der Waals surface area contributed by atoms with E-state index in [4.69, 9.17) is 0 Å². The van der Waals surface area contributed by atoms with Crippen molar-refractivity contribution < 1.29 is 14.7 Å². The molecule has 0 spiro atoms. The quantitative estimate of drug-likeness (QED) is 0.696. The van der Waals surface area contributed by atoms with Gasteiger partial charge in [-0.2, -0.15) is 0 Å². The summed E-state index contributed by atoms with van der Waals surface area (Å²) in [4.78, 5) is 25.7. The van der Waals surface area contributed by atoms with Crippen LogP contribution in [0.3, 0.4) is 0 Å². The molecule has 2 amide bonds. The van der Waals surface area contributed by atoms with Crippen LogP contribution in [0.1, 0.15) is 46.5 Å². The number of amides is 2. The molecular formula is C15H29N3O3. The minimum absolute atomic E-state index is 0.0914. The zero-order valence-corrected chi connectivity index (χ0v) is 13.7. The number of urea groups is 1. The topological polar surface area (TPSA) is 81.7 Å². The maximum atomic E-state index is 12.0. The number of likely N-dealkylation sites (tertiary alicyclic amines) is 1. The van der Waals surface area contributed by atoms with Gasteiger partial charge in [0, 0.05) is 6.54 Å². The molecule has 1 heterocycles. The summed E-state index contributed by atoms with van der Waals surface area (Å²) in [6, 6.07) is -0.388. The third-order valence-corrected chi connectivity index (χ3v) is 4.84. The Balaban J connectivity index is 2.52. The first-order valence-electron chi connectivity index (χ1n) is 7.75. The van der Waals surface area contributed by atoms with Crippen molar-refractivity contribution in [3.05, 3.63) is 0 Å². The van der Waals surface area contributed by atoms with Gasteiger partial charge in [0.25, 0.3) is 0 Å². The van der Waals surface area contributed by atoms with Crippen LogP contribution < -0.4 is 10.6 Å². The monoisotopic (exact) mass is 299 g/mol. The highest BCUT2D eigenvalue weighted by atomic mass is 16.4. The van der Waals surface area contributed by atoms with Gasteiger partial charge in [-0.1, -0.05) is 20.8 Å². The lowest BCUT2D eigenvalue weighted by atomic mass is 9.80. The van der Waals surface area contributed by atoms with Gasteiger partial charge in [-0.25, -0.2) is 9.59 Å². The fraction of sp³-hybridized carbons (Fsp3) is 0.867. The Morgan fingerprint density at radius 2 is 1.76 bits per heavy atom. The van der Waals surface area contributed by atoms with Crippen molar-refractivity contribution in [1.29, 1.82) is 0 Å². The molecule has 0 aromatic heterocycles. The van der Waals surface area contributed by atoms with Gasteiger partial charge in [-0.05, 0) is 51.2 Å². The van der Waals surface area contributed by atoms with Crippen LogP contribution >= 0.6 is 0 Å². The number of piperidine rings is 1. The number of nitrogens with zero attached hydrogens (tertiary/aromatic N) is 1. The highest BCUT2D eigenvalue weighted by molar-refractivity contribution is 5.86. The lowest BCUT2D eigenvalue weighted by Gasteiger charge is -2.38. The Kier molecular flexibility index (Phi) is 6.01. The number of carbonyl (C=O) groups is 2. The molecule has 6 heteroatoms. The summed E-state index contributed by atoms with van der Waals surface area (Å²) in [7, 11) is 2.10. The maximum absolute atomic E-state index is 12.0. The number of carboxylic acid groups (broad SMARTS) is 1. The Labute approximate surface area is 127 Å². The first-order chi connectivity index (χ1) is 9.77. The summed E-state index contributed by atoms with van der Waals surface area (Å²) < 4.78 is 0. The number of carboxylic acids is 1. The number of aliphatic carboxylic acids is 1. The third kappa shape index (κ3) is 4.59. The summed E-state index contributed by atoms with van der Waals surface area (Å²) >= 11 is 0. The van der Waals surface area contributed by atoms with E-state index in [2.05, 4.69) is 29.5 Å². The van der Waals surface area contributed by atoms with E-state index in [0.29, 0.717) is 19.4 Å². The lowest BCUT2D eigenvalue weighted by molar-refractivity contribution is -0.144. The molecule has 6 nitrogen and oxygen atoms in total. The van der Waals surface area contributed by atoms with Gasteiger partial charge in [-0.3, -0.25) is 0 Å². The molecule has 0 saturated carbocycles. The van der Waals surface area contributed by atoms with E-state index in [1.807, 2.05) is 0 Å². The van der Waals surface area contributed by atoms with Crippen LogP contribution in [0, 0.1) is 5.41 Å². The molecule has 1 saturated heterocycles. The smallest absolute Gasteiger partial charge is 0.329 e. The van der Waals surface area contributed by atoms with E-state index in [1.54, 1.807) is 13.8 Å². The van der Waals surface area contributed by atoms with Crippen molar-refractivity contribution in [2.75, 3.05) is 26.7 Å². The van der Waals surface area contributed by atoms with Gasteiger partial charge >= 0.3 is 12.0 Å². The molecule has 1 aliphatic rings. The molecule has 1 aliphatic heterocycles. The van der Waals surface area contributed by atoms with Crippen molar-refractivity contribution in [3.63, 3.8) is 0 Å². The first-order valence-corrected chi connectivity index (χ1v) is 7.75. The van der Waals surface area contributed by atoms with Crippen LogP contribution in [0.4, 0.5) is 4.79 Å². The fourth-order valence-electron chi connectivity index (χ4n) is 2.67. The number of hydrogen-bond acceptors (Lipinski definition) is 3. The Morgan fingerprint density at radius 3 is 2.19 bits per heavy atom. The van der Waals surface area contributed by atoms with Gasteiger partial charge in [-0.15, -0.1) is 0 Å². The maximum Gasteiger partial charge on any atom is 0.329 e. The predicted molar refractivity (Wildman–Crippen MR) is 82.3 cm³/mol. The highest BCUT2D eigenvalue weighted by Crippen LogP contribution is 2.29. The standard InChI is InChI=1S/C15H29N3O3/c1-5-15(6-2,12(19)20)17-13(21)16-11-14(3)7-9-18(4)10-8-14/h5-11H2,1-4H3,(H,19,20)(H2,16,17,21). The molecule has 0 unspecified atom stereocenters. The van der Waals surface area contributed by atoms with E-state index < -0.39 is 11.5 Å². The number of nitrogens with one attached hydrogen (secondary N) is 2. The van der Waals surface area contributed by atoms with Crippen molar-refractivity contribution >= 4 is 12.0 Å². The Hall–Kier alpha value is -1.30. The Morgan fingerprint density at radius 1 is 1.24 bits per heavy atom. The van der Waals surface area contributed by atoms with Crippen molar-refractivity contribution in [2.24, 2.45) is 5.41 Å². The van der Waals surface area contributed by atoms with Gasteiger partial charge in [0.15, 0.2) is 0 Å². The van der Waals surface area contributed by atoms with Crippen LogP contribution in [0.15, 0.2) is 0 Å². The predicted octanol–water partition coefficient (Wildman–Crippen LogP) is 1.66. The summed E-state index contributed by atoms with van der Waals surface area (Å²) in [6.45, 7) is 8.36. The molecule has 0 aliphatic carbocycles. The molecule has 21 heavy (non-hydrogen) atoms. The van der Waals surface area contributed by atoms with Crippen molar-refractivity contribution in [2.45, 2.75) is 52.0 Å². The van der Waals surface area contributed by atoms with E-state index >= 15 is 0 Å². The second kappa shape index (κ2) is 7.11. The molecule has 122 valence electrons. The van der Waals surface area contributed by atoms with Crippen molar-refractivity contribution in [1.82, 2.24) is 15.5 Å². The molecule has 1 fully saturated rings. The van der Waals surface area contributed by atoms with Gasteiger partial charge in [0.2, 0.25) is 0 Å². The van der Waals surface area contributed by atoms with Crippen LogP contribution in [0.25, 0.3) is 0 Å². The van der Waals surface area contributed by atoms with Crippen LogP contribution in [0.5, 0.6) is 0 Å². The zero-order chi connectivity index (χ0) is 16.1. The SMILES string of the molecule is CCC(CC)(NC(=O)NCC1(C)CCN(C)CC1)C(=O)O. The minimum Gasteiger partial charge on any atom is -0.480 e. The molecule has 0 bridgehead atoms. The normalized spacial score (nSPS) is 19.0. The molecule has 0 radical (unpaired) electrons. The van der Waals surface area contributed by atoms with Crippen LogP contribution in [0.2, 0.25) is 0 Å². The average Bonchev–Trinajstić information content (AvgIpc) is 2.46. The number of hydrogen-bond donors (Lipinski definition) is 3. The molecule has 0 aromatic carbocycles. The fourth-order valence-corrected chi connectivity index (χ4v) is 2.67. The summed E-state index contributed by atoms with van der Waals surface area (Å²) in [6.07, 6.45) is 2.81. The number of carbonyl (C=O) groups excluding carboxylic acids is 1. The summed E-state index contributed by atoms with van der Waals surface area (Å²) in [5, 5.41) is 14.8. The average molecular weight is 299 g/mol. The molecular weight excluding hydrogens is 270 g/mol. The van der Waals surface area contributed by atoms with Crippen LogP contribution in [-0.4, -0.2) is 54.2 Å². The summed E-state index contributed by atoms with van der Waals surface area (Å²) in [5.41, 5.74) is -1.08. The van der Waals surface area contributed by atoms with Gasteiger partial charge in [0.05, 0.1) is 0 Å². The third-order valence-electron chi connectivity index (χ3n) is 4.84. The van der Waals surface area contributed by atoms with Crippen LogP contribution in [-0.2, 0) is 4.79 Å². The first kappa shape index (κ1) is 17.8. The van der Waals surface area contributed by atoms with E-state index in [9.17, 15) is 14.7 Å². The number of rotatable bonds is 6. The van der Waals surface area contributed by atoms with E-state index in [-0.39, 0.29) is 11.4 Å². The van der Waals surface area contributed by atoms with Gasteiger partial charge in [0.1, 0.15) is 5.54 Å². The molecule has 0 atom stereocenters. The van der Waals surface area contributed by atoms with Crippen molar-refractivity contribution in [3.8, 4) is 0 Å². The zero-order valence-electron chi connectivity index (χ0n) is 13.7. The molecule has 1 rings (SSSR count).